The minimum Gasteiger partial charge on any atom is -0.374 e. The molecule has 0 saturated carbocycles. The molecule has 1 atom stereocenters. The summed E-state index contributed by atoms with van der Waals surface area (Å²) in [5.74, 6) is 0. The SMILES string of the molecule is CCCCCCCCC1CC(=O)S1.CCO[Si](CC)(OCC)OCC. The summed E-state index contributed by atoms with van der Waals surface area (Å²) in [7, 11) is -2.27. The number of rotatable bonds is 14. The van der Waals surface area contributed by atoms with Gasteiger partial charge in [0.05, 0.1) is 0 Å². The van der Waals surface area contributed by atoms with E-state index in [9.17, 15) is 4.79 Å². The third-order valence-corrected chi connectivity index (χ3v) is 8.31. The highest BCUT2D eigenvalue weighted by atomic mass is 32.2. The average molecular weight is 393 g/mol. The summed E-state index contributed by atoms with van der Waals surface area (Å²) in [6, 6.07) is 0.850. The van der Waals surface area contributed by atoms with Crippen molar-refractivity contribution in [3.8, 4) is 0 Å². The highest BCUT2D eigenvalue weighted by molar-refractivity contribution is 8.16. The molecular weight excluding hydrogens is 352 g/mol. The summed E-state index contributed by atoms with van der Waals surface area (Å²) in [6.07, 6.45) is 10.3. The first-order valence-corrected chi connectivity index (χ1v) is 13.0. The maximum atomic E-state index is 10.6. The Hall–Kier alpha value is 0.117. The van der Waals surface area contributed by atoms with E-state index in [-0.39, 0.29) is 0 Å². The van der Waals surface area contributed by atoms with Gasteiger partial charge in [-0.2, -0.15) is 0 Å². The van der Waals surface area contributed by atoms with E-state index in [4.69, 9.17) is 13.3 Å². The Labute approximate surface area is 161 Å². The van der Waals surface area contributed by atoms with Crippen molar-refractivity contribution in [2.24, 2.45) is 0 Å². The summed E-state index contributed by atoms with van der Waals surface area (Å²) in [6.45, 7) is 12.2. The van der Waals surface area contributed by atoms with Crippen molar-refractivity contribution in [3.05, 3.63) is 0 Å². The first-order valence-electron chi connectivity index (χ1n) is 10.2. The van der Waals surface area contributed by atoms with E-state index in [2.05, 4.69) is 6.92 Å². The van der Waals surface area contributed by atoms with Crippen molar-refractivity contribution in [2.75, 3.05) is 19.8 Å². The predicted octanol–water partition coefficient (Wildman–Crippen LogP) is 5.82. The second-order valence-electron chi connectivity index (χ2n) is 6.21. The number of hydrogen-bond donors (Lipinski definition) is 0. The quantitative estimate of drug-likeness (QED) is 0.275. The van der Waals surface area contributed by atoms with Crippen molar-refractivity contribution >= 4 is 25.7 Å². The largest absolute Gasteiger partial charge is 0.500 e. The van der Waals surface area contributed by atoms with E-state index in [1.165, 1.54) is 44.9 Å². The first-order chi connectivity index (χ1) is 12.1. The molecule has 1 aliphatic rings. The van der Waals surface area contributed by atoms with Gasteiger partial charge < -0.3 is 13.3 Å². The number of thioether (sulfide) groups is 1. The molecule has 25 heavy (non-hydrogen) atoms. The molecule has 0 aromatic heterocycles. The molecule has 4 nitrogen and oxygen atoms in total. The molecule has 0 bridgehead atoms. The monoisotopic (exact) mass is 392 g/mol. The van der Waals surface area contributed by atoms with Crippen LogP contribution in [0, 0.1) is 0 Å². The van der Waals surface area contributed by atoms with Gasteiger partial charge in [-0.1, -0.05) is 64.1 Å². The van der Waals surface area contributed by atoms with E-state index < -0.39 is 8.80 Å². The molecule has 0 radical (unpaired) electrons. The standard InChI is InChI=1S/C11H20OS.C8H20O3Si/c1-2-3-4-5-6-7-8-10-9-11(12)13-10;1-5-9-12(8-4,10-6-2)11-7-3/h10H,2-9H2,1H3;5-8H2,1-4H3. The third kappa shape index (κ3) is 12.2. The van der Waals surface area contributed by atoms with Crippen LogP contribution in [0.3, 0.4) is 0 Å². The van der Waals surface area contributed by atoms with Gasteiger partial charge in [0.2, 0.25) is 0 Å². The minimum atomic E-state index is -2.27. The molecule has 1 unspecified atom stereocenters. The van der Waals surface area contributed by atoms with Crippen molar-refractivity contribution in [3.63, 3.8) is 0 Å². The van der Waals surface area contributed by atoms with E-state index >= 15 is 0 Å². The second kappa shape index (κ2) is 16.3. The molecule has 0 aromatic rings. The lowest BCUT2D eigenvalue weighted by atomic mass is 10.1. The van der Waals surface area contributed by atoms with Gasteiger partial charge in [0.1, 0.15) is 0 Å². The summed E-state index contributed by atoms with van der Waals surface area (Å²) in [5.41, 5.74) is 0. The molecule has 6 heteroatoms. The van der Waals surface area contributed by atoms with Crippen molar-refractivity contribution < 1.29 is 18.1 Å². The van der Waals surface area contributed by atoms with Gasteiger partial charge in [-0.3, -0.25) is 4.79 Å². The van der Waals surface area contributed by atoms with Crippen LogP contribution in [0.2, 0.25) is 6.04 Å². The molecule has 1 rings (SSSR count). The van der Waals surface area contributed by atoms with Crippen LogP contribution in [-0.4, -0.2) is 39.0 Å². The van der Waals surface area contributed by atoms with Crippen LogP contribution in [0.25, 0.3) is 0 Å². The summed E-state index contributed by atoms with van der Waals surface area (Å²) in [4.78, 5) is 10.6. The van der Waals surface area contributed by atoms with Crippen LogP contribution in [0.5, 0.6) is 0 Å². The van der Waals surface area contributed by atoms with Crippen LogP contribution in [0.15, 0.2) is 0 Å². The Morgan fingerprint density at radius 1 is 0.880 bits per heavy atom. The van der Waals surface area contributed by atoms with Crippen LogP contribution in [0.4, 0.5) is 0 Å². The Bertz CT molecular complexity index is 304. The van der Waals surface area contributed by atoms with Gasteiger partial charge in [0, 0.05) is 37.5 Å². The summed E-state index contributed by atoms with van der Waals surface area (Å²) >= 11 is 1.56. The molecule has 0 amide bonds. The normalized spacial score (nSPS) is 17.0. The van der Waals surface area contributed by atoms with Crippen LogP contribution < -0.4 is 0 Å². The molecule has 1 saturated heterocycles. The van der Waals surface area contributed by atoms with Gasteiger partial charge in [-0.05, 0) is 27.2 Å². The Morgan fingerprint density at radius 2 is 1.36 bits per heavy atom. The van der Waals surface area contributed by atoms with E-state index in [0.717, 1.165) is 12.5 Å². The summed E-state index contributed by atoms with van der Waals surface area (Å²) in [5, 5.41) is 1.08. The number of hydrogen-bond acceptors (Lipinski definition) is 5. The molecule has 0 spiro atoms. The fourth-order valence-corrected chi connectivity index (χ4v) is 5.84. The highest BCUT2D eigenvalue weighted by Crippen LogP contribution is 2.33. The molecule has 0 N–H and O–H groups in total. The summed E-state index contributed by atoms with van der Waals surface area (Å²) < 4.78 is 16.7. The number of unbranched alkanes of at least 4 members (excludes halogenated alkanes) is 5. The molecule has 0 aliphatic carbocycles. The smallest absolute Gasteiger partial charge is 0.374 e. The van der Waals surface area contributed by atoms with Crippen LogP contribution in [-0.2, 0) is 18.1 Å². The zero-order chi connectivity index (χ0) is 19.0. The highest BCUT2D eigenvalue weighted by Gasteiger charge is 2.37. The number of carbonyl (C=O) groups excluding carboxylic acids is 1. The molecule has 1 aliphatic heterocycles. The Kier molecular flexibility index (Phi) is 16.4. The first kappa shape index (κ1) is 25.1. The fourth-order valence-electron chi connectivity index (χ4n) is 2.77. The van der Waals surface area contributed by atoms with Crippen molar-refractivity contribution in [1.29, 1.82) is 0 Å². The van der Waals surface area contributed by atoms with Crippen LogP contribution in [0.1, 0.15) is 86.0 Å². The lowest BCUT2D eigenvalue weighted by Crippen LogP contribution is -2.45. The van der Waals surface area contributed by atoms with E-state index in [1.54, 1.807) is 11.8 Å². The zero-order valence-corrected chi connectivity index (χ0v) is 18.9. The average Bonchev–Trinajstić information content (AvgIpc) is 2.57. The Balaban J connectivity index is 0.000000463. The van der Waals surface area contributed by atoms with Crippen LogP contribution >= 0.6 is 11.8 Å². The predicted molar refractivity (Wildman–Crippen MR) is 110 cm³/mol. The van der Waals surface area contributed by atoms with Gasteiger partial charge >= 0.3 is 8.80 Å². The molecular formula is C19H40O4SSi. The topological polar surface area (TPSA) is 44.8 Å². The van der Waals surface area contributed by atoms with Crippen molar-refractivity contribution in [2.45, 2.75) is 97.3 Å². The van der Waals surface area contributed by atoms with Gasteiger partial charge in [0.25, 0.3) is 0 Å². The molecule has 0 aromatic carbocycles. The lowest BCUT2D eigenvalue weighted by molar-refractivity contribution is -0.112. The number of carbonyl (C=O) groups is 1. The minimum absolute atomic E-state index is 0.399. The van der Waals surface area contributed by atoms with Gasteiger partial charge in [-0.25, -0.2) is 0 Å². The molecule has 150 valence electrons. The zero-order valence-electron chi connectivity index (χ0n) is 17.1. The molecule has 1 fully saturated rings. The lowest BCUT2D eigenvalue weighted by Gasteiger charge is -2.26. The second-order valence-corrected chi connectivity index (χ2v) is 10.5. The maximum Gasteiger partial charge on any atom is 0.500 e. The van der Waals surface area contributed by atoms with E-state index in [0.29, 0.717) is 30.2 Å². The van der Waals surface area contributed by atoms with Gasteiger partial charge in [0.15, 0.2) is 5.12 Å². The maximum absolute atomic E-state index is 10.6. The van der Waals surface area contributed by atoms with Gasteiger partial charge in [-0.15, -0.1) is 0 Å². The third-order valence-electron chi connectivity index (χ3n) is 4.10. The van der Waals surface area contributed by atoms with E-state index in [1.807, 2.05) is 27.7 Å². The molecule has 1 heterocycles. The fraction of sp³-hybridized carbons (Fsp3) is 0.947. The van der Waals surface area contributed by atoms with Crippen molar-refractivity contribution in [1.82, 2.24) is 0 Å². The Morgan fingerprint density at radius 3 is 1.76 bits per heavy atom.